The summed E-state index contributed by atoms with van der Waals surface area (Å²) in [6, 6.07) is 3.76. The molecule has 0 fully saturated rings. The van der Waals surface area contributed by atoms with Gasteiger partial charge in [0.25, 0.3) is 0 Å². The largest absolute Gasteiger partial charge is 0.467 e. The molecule has 2 N–H and O–H groups in total. The molecule has 0 saturated heterocycles. The van der Waals surface area contributed by atoms with E-state index in [1.54, 1.807) is 17.1 Å². The van der Waals surface area contributed by atoms with E-state index in [0.29, 0.717) is 25.5 Å². The summed E-state index contributed by atoms with van der Waals surface area (Å²) in [5.41, 5.74) is 0.741. The number of fused-ring (bicyclic) bond motifs is 1. The Morgan fingerprint density at radius 3 is 2.79 bits per heavy atom. The van der Waals surface area contributed by atoms with Crippen molar-refractivity contribution in [1.82, 2.24) is 25.1 Å². The van der Waals surface area contributed by atoms with Crippen molar-refractivity contribution in [3.8, 4) is 0 Å². The van der Waals surface area contributed by atoms with Crippen LogP contribution in [0.3, 0.4) is 0 Å². The van der Waals surface area contributed by atoms with Crippen molar-refractivity contribution >= 4 is 22.8 Å². The smallest absolute Gasteiger partial charge is 0.223 e. The number of amides is 1. The van der Waals surface area contributed by atoms with Crippen molar-refractivity contribution in [3.63, 3.8) is 0 Å². The van der Waals surface area contributed by atoms with E-state index in [9.17, 15) is 4.79 Å². The Balaban J connectivity index is 1.59. The fraction of sp³-hybridized carbons (Fsp3) is 0.500. The molecule has 3 heterocycles. The number of nitrogens with zero attached hydrogens (tertiary/aromatic N) is 4. The number of anilines is 1. The third-order valence-corrected chi connectivity index (χ3v) is 4.71. The fourth-order valence-corrected chi connectivity index (χ4v) is 3.31. The van der Waals surface area contributed by atoms with Gasteiger partial charge in [-0.1, -0.05) is 26.7 Å². The van der Waals surface area contributed by atoms with Gasteiger partial charge in [-0.25, -0.2) is 14.6 Å². The van der Waals surface area contributed by atoms with Crippen LogP contribution in [0.1, 0.15) is 45.3 Å². The minimum Gasteiger partial charge on any atom is -0.467 e. The number of carbonyl (C=O) groups is 1. The van der Waals surface area contributed by atoms with Gasteiger partial charge in [0.1, 0.15) is 17.9 Å². The predicted molar refractivity (Wildman–Crippen MR) is 108 cm³/mol. The zero-order valence-corrected chi connectivity index (χ0v) is 16.5. The highest BCUT2D eigenvalue weighted by molar-refractivity contribution is 5.86. The van der Waals surface area contributed by atoms with Gasteiger partial charge in [0.2, 0.25) is 5.91 Å². The maximum atomic E-state index is 12.4. The second-order valence-corrected chi connectivity index (χ2v) is 6.83. The summed E-state index contributed by atoms with van der Waals surface area (Å²) in [6.45, 7) is 5.86. The van der Waals surface area contributed by atoms with Gasteiger partial charge in [-0.2, -0.15) is 5.10 Å². The number of furan rings is 1. The lowest BCUT2D eigenvalue weighted by atomic mass is 9.97. The van der Waals surface area contributed by atoms with E-state index in [2.05, 4.69) is 39.5 Å². The van der Waals surface area contributed by atoms with Crippen LogP contribution in [-0.4, -0.2) is 32.2 Å². The molecule has 3 aromatic heterocycles. The molecule has 0 aliphatic heterocycles. The van der Waals surface area contributed by atoms with Gasteiger partial charge in [0.05, 0.1) is 30.9 Å². The van der Waals surface area contributed by atoms with Crippen LogP contribution < -0.4 is 10.6 Å². The minimum atomic E-state index is 0.101. The summed E-state index contributed by atoms with van der Waals surface area (Å²) < 4.78 is 7.13. The van der Waals surface area contributed by atoms with Crippen LogP contribution >= 0.6 is 0 Å². The first kappa shape index (κ1) is 19.9. The van der Waals surface area contributed by atoms with Gasteiger partial charge in [0, 0.05) is 12.5 Å². The van der Waals surface area contributed by atoms with Crippen LogP contribution in [0.15, 0.2) is 35.3 Å². The predicted octanol–water partition coefficient (Wildman–Crippen LogP) is 3.36. The Kier molecular flexibility index (Phi) is 7.00. The van der Waals surface area contributed by atoms with Crippen LogP contribution in [0.4, 0.5) is 5.82 Å². The molecule has 0 unspecified atom stereocenters. The molecule has 1 amide bonds. The molecule has 8 heteroatoms. The van der Waals surface area contributed by atoms with Gasteiger partial charge in [-0.05, 0) is 25.0 Å². The normalized spacial score (nSPS) is 11.2. The van der Waals surface area contributed by atoms with Crippen molar-refractivity contribution in [2.75, 3.05) is 11.9 Å². The monoisotopic (exact) mass is 384 g/mol. The average molecular weight is 384 g/mol. The second-order valence-electron chi connectivity index (χ2n) is 6.83. The molecule has 0 aliphatic carbocycles. The Morgan fingerprint density at radius 1 is 1.25 bits per heavy atom. The van der Waals surface area contributed by atoms with Crippen molar-refractivity contribution in [2.45, 2.75) is 52.6 Å². The molecule has 0 aromatic carbocycles. The van der Waals surface area contributed by atoms with Crippen LogP contribution in [0, 0.1) is 5.92 Å². The summed E-state index contributed by atoms with van der Waals surface area (Å²) in [4.78, 5) is 21.0. The Morgan fingerprint density at radius 2 is 2.07 bits per heavy atom. The summed E-state index contributed by atoms with van der Waals surface area (Å²) in [7, 11) is 0. The molecule has 0 aliphatic rings. The summed E-state index contributed by atoms with van der Waals surface area (Å²) in [5.74, 6) is 1.78. The zero-order valence-electron chi connectivity index (χ0n) is 16.5. The summed E-state index contributed by atoms with van der Waals surface area (Å²) in [6.07, 6.45) is 8.81. The van der Waals surface area contributed by atoms with E-state index in [1.807, 2.05) is 12.1 Å². The molecule has 3 rings (SSSR count). The van der Waals surface area contributed by atoms with Gasteiger partial charge in [-0.15, -0.1) is 0 Å². The maximum absolute atomic E-state index is 12.4. The quantitative estimate of drug-likeness (QED) is 0.526. The van der Waals surface area contributed by atoms with Gasteiger partial charge in [0.15, 0.2) is 5.65 Å². The molecule has 0 spiro atoms. The third-order valence-electron chi connectivity index (χ3n) is 4.71. The van der Waals surface area contributed by atoms with Crippen LogP contribution in [-0.2, 0) is 17.9 Å². The first-order valence-corrected chi connectivity index (χ1v) is 9.93. The number of hydrogen-bond donors (Lipinski definition) is 2. The van der Waals surface area contributed by atoms with Crippen molar-refractivity contribution in [1.29, 1.82) is 0 Å². The van der Waals surface area contributed by atoms with E-state index in [-0.39, 0.29) is 11.8 Å². The highest BCUT2D eigenvalue weighted by Gasteiger charge is 2.16. The van der Waals surface area contributed by atoms with Crippen molar-refractivity contribution in [2.24, 2.45) is 5.92 Å². The summed E-state index contributed by atoms with van der Waals surface area (Å²) >= 11 is 0. The number of nitrogens with one attached hydrogen (secondary N) is 2. The van der Waals surface area contributed by atoms with E-state index in [1.165, 1.54) is 6.33 Å². The van der Waals surface area contributed by atoms with Gasteiger partial charge in [-0.3, -0.25) is 4.79 Å². The Labute approximate surface area is 164 Å². The van der Waals surface area contributed by atoms with Gasteiger partial charge >= 0.3 is 0 Å². The number of hydrogen-bond acceptors (Lipinski definition) is 6. The molecular weight excluding hydrogens is 356 g/mol. The molecular formula is C20H28N6O2. The summed E-state index contributed by atoms with van der Waals surface area (Å²) in [5, 5.41) is 11.6. The van der Waals surface area contributed by atoms with Crippen LogP contribution in [0.5, 0.6) is 0 Å². The first-order chi connectivity index (χ1) is 13.7. The van der Waals surface area contributed by atoms with Crippen molar-refractivity contribution in [3.05, 3.63) is 36.7 Å². The molecule has 3 aromatic rings. The number of rotatable bonds is 11. The van der Waals surface area contributed by atoms with E-state index in [4.69, 9.17) is 4.42 Å². The minimum absolute atomic E-state index is 0.101. The molecule has 28 heavy (non-hydrogen) atoms. The molecule has 0 radical (unpaired) electrons. The second kappa shape index (κ2) is 9.87. The van der Waals surface area contributed by atoms with Crippen LogP contribution in [0.2, 0.25) is 0 Å². The Hall–Kier alpha value is -2.90. The topological polar surface area (TPSA) is 97.9 Å². The standard InChI is InChI=1S/C20H28N6O2/c1-3-6-15(7-4-2)20(27)21-9-10-26-19-17(13-25-26)18(23-14-24-19)22-12-16-8-5-11-28-16/h5,8,11,13-15H,3-4,6-7,9-10,12H2,1-2H3,(H,21,27)(H,22,23,24). The SMILES string of the molecule is CCCC(CCC)C(=O)NCCn1ncc2c(NCc3ccco3)ncnc21. The fourth-order valence-electron chi connectivity index (χ4n) is 3.31. The average Bonchev–Trinajstić information content (AvgIpc) is 3.36. The highest BCUT2D eigenvalue weighted by atomic mass is 16.3. The lowest BCUT2D eigenvalue weighted by molar-refractivity contribution is -0.125. The van der Waals surface area contributed by atoms with E-state index in [0.717, 1.165) is 42.5 Å². The van der Waals surface area contributed by atoms with E-state index >= 15 is 0 Å². The lowest BCUT2D eigenvalue weighted by Crippen LogP contribution is -2.33. The zero-order chi connectivity index (χ0) is 19.8. The molecule has 150 valence electrons. The lowest BCUT2D eigenvalue weighted by Gasteiger charge is -2.15. The molecule has 8 nitrogen and oxygen atoms in total. The molecule has 0 atom stereocenters. The van der Waals surface area contributed by atoms with Crippen molar-refractivity contribution < 1.29 is 9.21 Å². The maximum Gasteiger partial charge on any atom is 0.223 e. The van der Waals surface area contributed by atoms with E-state index < -0.39 is 0 Å². The van der Waals surface area contributed by atoms with Crippen LogP contribution in [0.25, 0.3) is 11.0 Å². The third kappa shape index (κ3) is 4.88. The Bertz CT molecular complexity index is 868. The molecule has 0 bridgehead atoms. The van der Waals surface area contributed by atoms with Gasteiger partial charge < -0.3 is 15.1 Å². The highest BCUT2D eigenvalue weighted by Crippen LogP contribution is 2.19. The molecule has 0 saturated carbocycles. The number of carbonyl (C=O) groups excluding carboxylic acids is 1. The first-order valence-electron chi connectivity index (χ1n) is 9.93. The number of aromatic nitrogens is 4.